The molecule has 4 nitrogen and oxygen atoms in total. The molecule has 2 aliphatic rings. The number of rotatable bonds is 6. The number of para-hydroxylation sites is 1. The van der Waals surface area contributed by atoms with Crippen LogP contribution in [0.1, 0.15) is 12.8 Å². The lowest BCUT2D eigenvalue weighted by Gasteiger charge is -2.39. The van der Waals surface area contributed by atoms with Crippen LogP contribution in [0.15, 0.2) is 41.3 Å². The van der Waals surface area contributed by atoms with Crippen LogP contribution in [0.2, 0.25) is 10.0 Å². The van der Waals surface area contributed by atoms with Gasteiger partial charge in [-0.15, -0.1) is 11.8 Å². The highest BCUT2D eigenvalue weighted by molar-refractivity contribution is 7.99. The van der Waals surface area contributed by atoms with E-state index in [-0.39, 0.29) is 0 Å². The number of benzene rings is 2. The number of nitrogens with one attached hydrogen (secondary N) is 1. The van der Waals surface area contributed by atoms with Crippen LogP contribution in [0.25, 0.3) is 0 Å². The largest absolute Gasteiger partial charge is 0.486 e. The molecule has 0 radical (unpaired) electrons. The topological polar surface area (TPSA) is 33.7 Å². The average molecular weight is 439 g/mol. The summed E-state index contributed by atoms with van der Waals surface area (Å²) in [5.74, 6) is 2.73. The van der Waals surface area contributed by atoms with E-state index >= 15 is 0 Å². The van der Waals surface area contributed by atoms with E-state index in [4.69, 9.17) is 32.7 Å². The molecule has 1 saturated heterocycles. The summed E-state index contributed by atoms with van der Waals surface area (Å²) < 4.78 is 11.7. The number of ether oxygens (including phenoxy) is 2. The summed E-state index contributed by atoms with van der Waals surface area (Å²) in [6.07, 6.45) is 2.17. The smallest absolute Gasteiger partial charge is 0.184 e. The number of piperazine rings is 1. The molecule has 1 fully saturated rings. The molecule has 0 saturated carbocycles. The zero-order valence-corrected chi connectivity index (χ0v) is 18.0. The van der Waals surface area contributed by atoms with Crippen LogP contribution in [0.5, 0.6) is 11.5 Å². The molecule has 0 spiro atoms. The van der Waals surface area contributed by atoms with Gasteiger partial charge in [-0.2, -0.15) is 0 Å². The maximum absolute atomic E-state index is 6.28. The highest BCUT2D eigenvalue weighted by Crippen LogP contribution is 2.41. The Balaban J connectivity index is 1.40. The fourth-order valence-corrected chi connectivity index (χ4v) is 5.39. The fourth-order valence-electron chi connectivity index (χ4n) is 3.73. The molecule has 1 N–H and O–H groups in total. The van der Waals surface area contributed by atoms with Gasteiger partial charge in [0.2, 0.25) is 0 Å². The van der Waals surface area contributed by atoms with E-state index in [0.29, 0.717) is 19.3 Å². The second kappa shape index (κ2) is 9.49. The molecule has 4 rings (SSSR count). The fraction of sp³-hybridized carbons (Fsp3) is 0.429. The summed E-state index contributed by atoms with van der Waals surface area (Å²) in [5.41, 5.74) is 1.14. The normalized spacial score (nSPS) is 18.9. The molecule has 150 valence electrons. The monoisotopic (exact) mass is 438 g/mol. The van der Waals surface area contributed by atoms with E-state index in [0.717, 1.165) is 70.4 Å². The van der Waals surface area contributed by atoms with Gasteiger partial charge in [0.05, 0.1) is 15.7 Å². The average Bonchev–Trinajstić information content (AvgIpc) is 2.73. The summed E-state index contributed by atoms with van der Waals surface area (Å²) in [7, 11) is 0. The standard InChI is InChI=1S/C21H24Cl2N2O2S/c22-16-5-1-6-17(23)21(16)28-13-3-4-15-14-24-9-10-25(15)18-7-2-8-19-20(18)27-12-11-26-19/h1-2,5-8,15,24H,3-4,9-14H2. The number of halogens is 2. The van der Waals surface area contributed by atoms with Crippen molar-refractivity contribution in [3.05, 3.63) is 46.4 Å². The molecule has 1 atom stereocenters. The van der Waals surface area contributed by atoms with E-state index in [1.807, 2.05) is 24.3 Å². The van der Waals surface area contributed by atoms with E-state index < -0.39 is 0 Å². The molecule has 28 heavy (non-hydrogen) atoms. The molecule has 2 aromatic carbocycles. The summed E-state index contributed by atoms with van der Waals surface area (Å²) in [6.45, 7) is 4.14. The van der Waals surface area contributed by atoms with Gasteiger partial charge < -0.3 is 19.7 Å². The Morgan fingerprint density at radius 3 is 2.71 bits per heavy atom. The van der Waals surface area contributed by atoms with Crippen molar-refractivity contribution in [1.29, 1.82) is 0 Å². The maximum atomic E-state index is 6.28. The molecule has 0 aliphatic carbocycles. The third kappa shape index (κ3) is 4.48. The number of hydrogen-bond donors (Lipinski definition) is 1. The second-order valence-electron chi connectivity index (χ2n) is 6.89. The molecular weight excluding hydrogens is 415 g/mol. The zero-order valence-electron chi connectivity index (χ0n) is 15.6. The number of fused-ring (bicyclic) bond motifs is 1. The van der Waals surface area contributed by atoms with Gasteiger partial charge in [0, 0.05) is 30.6 Å². The lowest BCUT2D eigenvalue weighted by atomic mass is 10.1. The second-order valence-corrected chi connectivity index (χ2v) is 8.81. The minimum atomic E-state index is 0.424. The Hall–Kier alpha value is -1.27. The minimum absolute atomic E-state index is 0.424. The molecule has 2 heterocycles. The molecule has 2 aliphatic heterocycles. The Labute approximate surface area is 180 Å². The molecule has 0 amide bonds. The molecule has 0 aromatic heterocycles. The van der Waals surface area contributed by atoms with Crippen molar-refractivity contribution >= 4 is 40.7 Å². The first-order valence-corrected chi connectivity index (χ1v) is 11.4. The Morgan fingerprint density at radius 1 is 1.07 bits per heavy atom. The van der Waals surface area contributed by atoms with E-state index in [2.05, 4.69) is 22.3 Å². The van der Waals surface area contributed by atoms with Crippen LogP contribution in [0.3, 0.4) is 0 Å². The minimum Gasteiger partial charge on any atom is -0.486 e. The molecule has 7 heteroatoms. The molecule has 2 aromatic rings. The lowest BCUT2D eigenvalue weighted by Crippen LogP contribution is -2.51. The first-order valence-electron chi connectivity index (χ1n) is 9.67. The highest BCUT2D eigenvalue weighted by atomic mass is 35.5. The predicted molar refractivity (Wildman–Crippen MR) is 118 cm³/mol. The third-order valence-corrected chi connectivity index (χ3v) is 7.13. The van der Waals surface area contributed by atoms with Crippen LogP contribution in [-0.4, -0.2) is 44.6 Å². The van der Waals surface area contributed by atoms with Gasteiger partial charge in [0.1, 0.15) is 13.2 Å². The van der Waals surface area contributed by atoms with Gasteiger partial charge in [-0.05, 0) is 42.9 Å². The Kier molecular flexibility index (Phi) is 6.78. The zero-order chi connectivity index (χ0) is 19.3. The summed E-state index contributed by atoms with van der Waals surface area (Å²) in [4.78, 5) is 3.45. The number of hydrogen-bond acceptors (Lipinski definition) is 5. The maximum Gasteiger partial charge on any atom is 0.184 e. The highest BCUT2D eigenvalue weighted by Gasteiger charge is 2.27. The van der Waals surface area contributed by atoms with Crippen molar-refractivity contribution in [2.45, 2.75) is 23.8 Å². The van der Waals surface area contributed by atoms with Crippen molar-refractivity contribution in [2.24, 2.45) is 0 Å². The number of thioether (sulfide) groups is 1. The molecular formula is C21H24Cl2N2O2S. The lowest BCUT2D eigenvalue weighted by molar-refractivity contribution is 0.171. The summed E-state index contributed by atoms with van der Waals surface area (Å²) >= 11 is 14.3. The first-order chi connectivity index (χ1) is 13.7. The van der Waals surface area contributed by atoms with Crippen LogP contribution in [0, 0.1) is 0 Å². The quantitative estimate of drug-likeness (QED) is 0.500. The van der Waals surface area contributed by atoms with Gasteiger partial charge in [-0.25, -0.2) is 0 Å². The third-order valence-electron chi connectivity index (χ3n) is 5.05. The van der Waals surface area contributed by atoms with Crippen LogP contribution in [-0.2, 0) is 0 Å². The van der Waals surface area contributed by atoms with Gasteiger partial charge in [0.25, 0.3) is 0 Å². The van der Waals surface area contributed by atoms with Gasteiger partial charge in [-0.3, -0.25) is 0 Å². The summed E-state index contributed by atoms with van der Waals surface area (Å²) in [5, 5.41) is 4.99. The van der Waals surface area contributed by atoms with Crippen molar-refractivity contribution in [3.8, 4) is 11.5 Å². The molecule has 0 bridgehead atoms. The number of nitrogens with zero attached hydrogens (tertiary/aromatic N) is 1. The van der Waals surface area contributed by atoms with Crippen molar-refractivity contribution < 1.29 is 9.47 Å². The van der Waals surface area contributed by atoms with Crippen molar-refractivity contribution in [3.63, 3.8) is 0 Å². The van der Waals surface area contributed by atoms with Crippen molar-refractivity contribution in [2.75, 3.05) is 43.5 Å². The van der Waals surface area contributed by atoms with Gasteiger partial charge in [-0.1, -0.05) is 35.3 Å². The SMILES string of the molecule is Clc1cccc(Cl)c1SCCCC1CNCCN1c1cccc2c1OCCO2. The van der Waals surface area contributed by atoms with E-state index in [1.165, 1.54) is 0 Å². The molecule has 1 unspecified atom stereocenters. The van der Waals surface area contributed by atoms with Crippen LogP contribution < -0.4 is 19.7 Å². The van der Waals surface area contributed by atoms with Crippen LogP contribution >= 0.6 is 35.0 Å². The van der Waals surface area contributed by atoms with Crippen molar-refractivity contribution in [1.82, 2.24) is 5.32 Å². The van der Waals surface area contributed by atoms with Crippen LogP contribution in [0.4, 0.5) is 5.69 Å². The summed E-state index contributed by atoms with van der Waals surface area (Å²) in [6, 6.07) is 12.3. The first kappa shape index (κ1) is 20.0. The Morgan fingerprint density at radius 2 is 1.86 bits per heavy atom. The predicted octanol–water partition coefficient (Wildman–Crippen LogP) is 5.12. The van der Waals surface area contributed by atoms with Gasteiger partial charge >= 0.3 is 0 Å². The van der Waals surface area contributed by atoms with E-state index in [9.17, 15) is 0 Å². The number of anilines is 1. The Bertz CT molecular complexity index is 801. The van der Waals surface area contributed by atoms with Gasteiger partial charge in [0.15, 0.2) is 11.5 Å². The van der Waals surface area contributed by atoms with E-state index in [1.54, 1.807) is 11.8 Å².